The SMILES string of the molecule is CCc1nc(C)oc1C(=O)N=c1sc2cc(C(N)=O)cc(OC)c2n1C/C=C/Cn1c(NC(=O)c2oc(C)nc2CC)nc2cc(C(N)=O)cc(OCCCC(=O)O[C@@H](C)CN)c21. The average molecular weight is 885 g/mol. The Bertz CT molecular complexity index is 2830. The van der Waals surface area contributed by atoms with E-state index in [0.29, 0.717) is 57.5 Å². The van der Waals surface area contributed by atoms with Gasteiger partial charge in [0.2, 0.25) is 29.3 Å². The molecule has 1 atom stereocenters. The van der Waals surface area contributed by atoms with E-state index in [1.807, 2.05) is 13.8 Å². The second-order valence-corrected chi connectivity index (χ2v) is 15.2. The Morgan fingerprint density at radius 3 is 2.13 bits per heavy atom. The summed E-state index contributed by atoms with van der Waals surface area (Å²) in [5.41, 5.74) is 19.4. The summed E-state index contributed by atoms with van der Waals surface area (Å²) in [5.74, 6) is -1.83. The van der Waals surface area contributed by atoms with Crippen LogP contribution in [0.5, 0.6) is 11.5 Å². The number of nitrogens with zero attached hydrogens (tertiary/aromatic N) is 6. The van der Waals surface area contributed by atoms with Crippen LogP contribution in [0.1, 0.15) is 98.6 Å². The largest absolute Gasteiger partial charge is 0.494 e. The number of nitrogens with two attached hydrogens (primary N) is 3. The van der Waals surface area contributed by atoms with Crippen molar-refractivity contribution in [1.29, 1.82) is 0 Å². The second kappa shape index (κ2) is 19.7. The number of benzene rings is 2. The van der Waals surface area contributed by atoms with Crippen LogP contribution in [-0.2, 0) is 35.5 Å². The second-order valence-electron chi connectivity index (χ2n) is 14.2. The summed E-state index contributed by atoms with van der Waals surface area (Å²) >= 11 is 1.14. The van der Waals surface area contributed by atoms with E-state index >= 15 is 0 Å². The van der Waals surface area contributed by atoms with Gasteiger partial charge in [0.05, 0.1) is 35.3 Å². The first-order valence-corrected chi connectivity index (χ1v) is 20.8. The smallest absolute Gasteiger partial charge is 0.317 e. The Morgan fingerprint density at radius 1 is 0.873 bits per heavy atom. The minimum Gasteiger partial charge on any atom is -0.494 e. The first-order valence-electron chi connectivity index (χ1n) is 20.0. The van der Waals surface area contributed by atoms with E-state index in [9.17, 15) is 24.0 Å². The zero-order valence-electron chi connectivity index (χ0n) is 35.6. The molecule has 20 nitrogen and oxygen atoms in total. The number of hydrogen-bond acceptors (Lipinski definition) is 15. The molecule has 0 saturated heterocycles. The molecule has 6 aromatic rings. The van der Waals surface area contributed by atoms with E-state index in [-0.39, 0.29) is 83.7 Å². The molecule has 0 bridgehead atoms. The topological polar surface area (TPSA) is 290 Å². The summed E-state index contributed by atoms with van der Waals surface area (Å²) in [6.45, 7) is 9.10. The summed E-state index contributed by atoms with van der Waals surface area (Å²) in [5, 5.41) is 2.83. The fourth-order valence-electron chi connectivity index (χ4n) is 6.63. The number of rotatable bonds is 19. The standard InChI is InChI=1S/C42H48N10O10S/c1-7-26-35(61-22(4)46-26)39(56)49-41-48-28-16-24(37(44)54)18-30(59-15-11-12-32(53)60-21(3)20-43)33(28)51(41)13-9-10-14-52-34-29(58-6)17-25(38(45)55)19-31(34)63-42(52)50-40(57)36-27(8-2)47-23(5)62-36/h9-10,16-19,21H,7-8,11-15,20,43H2,1-6H3,(H2,44,54)(H2,45,55)(H,48,49,56)/b10-9+,50-42?/t21-/m0/s1. The Morgan fingerprint density at radius 2 is 1.49 bits per heavy atom. The molecule has 4 aromatic heterocycles. The molecule has 0 aliphatic carbocycles. The van der Waals surface area contributed by atoms with Crippen LogP contribution in [0.4, 0.5) is 5.95 Å². The Kier molecular flexibility index (Phi) is 14.2. The van der Waals surface area contributed by atoms with Crippen LogP contribution in [0.25, 0.3) is 21.3 Å². The van der Waals surface area contributed by atoms with Crippen molar-refractivity contribution in [3.63, 3.8) is 0 Å². The van der Waals surface area contributed by atoms with Crippen molar-refractivity contribution in [3.05, 3.63) is 87.0 Å². The van der Waals surface area contributed by atoms with Gasteiger partial charge in [-0.15, -0.1) is 0 Å². The van der Waals surface area contributed by atoms with E-state index in [1.165, 1.54) is 25.3 Å². The number of primary amides is 2. The molecule has 4 amide bonds. The van der Waals surface area contributed by atoms with E-state index in [0.717, 1.165) is 11.3 Å². The molecular weight excluding hydrogens is 837 g/mol. The number of allylic oxidation sites excluding steroid dienone is 2. The van der Waals surface area contributed by atoms with Gasteiger partial charge in [0.25, 0.3) is 5.91 Å². The molecular formula is C42H48N10O10S. The predicted octanol–water partition coefficient (Wildman–Crippen LogP) is 4.28. The molecule has 21 heteroatoms. The van der Waals surface area contributed by atoms with Crippen LogP contribution in [0.15, 0.2) is 50.2 Å². The normalized spacial score (nSPS) is 12.3. The van der Waals surface area contributed by atoms with Gasteiger partial charge in [-0.05, 0) is 50.5 Å². The van der Waals surface area contributed by atoms with Crippen LogP contribution in [0, 0.1) is 13.8 Å². The van der Waals surface area contributed by atoms with Gasteiger partial charge in [-0.3, -0.25) is 29.3 Å². The zero-order chi connectivity index (χ0) is 45.5. The van der Waals surface area contributed by atoms with Crippen LogP contribution >= 0.6 is 11.3 Å². The lowest BCUT2D eigenvalue weighted by molar-refractivity contribution is -0.148. The fraction of sp³-hybridized carbons (Fsp3) is 0.357. The van der Waals surface area contributed by atoms with Gasteiger partial charge in [0.15, 0.2) is 16.6 Å². The van der Waals surface area contributed by atoms with Gasteiger partial charge in [-0.2, -0.15) is 4.99 Å². The lowest BCUT2D eigenvalue weighted by Crippen LogP contribution is -2.23. The van der Waals surface area contributed by atoms with Crippen molar-refractivity contribution >= 4 is 68.1 Å². The van der Waals surface area contributed by atoms with E-state index in [4.69, 9.17) is 40.2 Å². The minimum absolute atomic E-state index is 0.0147. The molecule has 6 rings (SSSR count). The molecule has 7 N–H and O–H groups in total. The van der Waals surface area contributed by atoms with Gasteiger partial charge >= 0.3 is 11.9 Å². The molecule has 332 valence electrons. The van der Waals surface area contributed by atoms with Crippen molar-refractivity contribution < 1.29 is 47.0 Å². The molecule has 0 aliphatic heterocycles. The molecule has 0 spiro atoms. The third-order valence-electron chi connectivity index (χ3n) is 9.63. The quantitative estimate of drug-likeness (QED) is 0.0502. The summed E-state index contributed by atoms with van der Waals surface area (Å²) in [4.78, 5) is 82.3. The first-order chi connectivity index (χ1) is 30.1. The number of thiazole rings is 1. The van der Waals surface area contributed by atoms with Crippen LogP contribution in [-0.4, -0.2) is 80.0 Å². The van der Waals surface area contributed by atoms with Crippen LogP contribution in [0.3, 0.4) is 0 Å². The lowest BCUT2D eigenvalue weighted by atomic mass is 10.1. The number of fused-ring (bicyclic) bond motifs is 2. The molecule has 4 heterocycles. The van der Waals surface area contributed by atoms with Crippen molar-refractivity contribution in [3.8, 4) is 11.5 Å². The number of aryl methyl sites for hydroxylation is 4. The van der Waals surface area contributed by atoms with Gasteiger partial charge in [-0.1, -0.05) is 37.3 Å². The number of carbonyl (C=O) groups is 5. The highest BCUT2D eigenvalue weighted by Gasteiger charge is 2.24. The monoisotopic (exact) mass is 884 g/mol. The van der Waals surface area contributed by atoms with Gasteiger partial charge in [0, 0.05) is 51.0 Å². The molecule has 2 aromatic carbocycles. The third-order valence-corrected chi connectivity index (χ3v) is 10.7. The maximum Gasteiger partial charge on any atom is 0.317 e. The number of methoxy groups -OCH3 is 1. The number of aromatic nitrogens is 5. The molecule has 0 fully saturated rings. The number of anilines is 1. The number of carbonyl (C=O) groups excluding carboxylic acids is 5. The lowest BCUT2D eigenvalue weighted by Gasteiger charge is -2.13. The predicted molar refractivity (Wildman–Crippen MR) is 231 cm³/mol. The van der Waals surface area contributed by atoms with E-state index in [2.05, 4.69) is 25.3 Å². The molecule has 0 radical (unpaired) electrons. The van der Waals surface area contributed by atoms with Crippen LogP contribution in [0.2, 0.25) is 0 Å². The molecule has 63 heavy (non-hydrogen) atoms. The number of oxazole rings is 2. The van der Waals surface area contributed by atoms with Crippen molar-refractivity contribution in [1.82, 2.24) is 24.1 Å². The maximum absolute atomic E-state index is 13.7. The van der Waals surface area contributed by atoms with Crippen LogP contribution < -0.4 is 36.8 Å². The molecule has 0 unspecified atom stereocenters. The van der Waals surface area contributed by atoms with Crippen molar-refractivity contribution in [2.24, 2.45) is 22.2 Å². The highest BCUT2D eigenvalue weighted by atomic mass is 32.1. The van der Waals surface area contributed by atoms with Gasteiger partial charge in [-0.25, -0.2) is 15.0 Å². The number of esters is 1. The Balaban J connectivity index is 1.41. The minimum atomic E-state index is -0.742. The van der Waals surface area contributed by atoms with Gasteiger partial charge in [0.1, 0.15) is 28.6 Å². The summed E-state index contributed by atoms with van der Waals surface area (Å²) in [6, 6.07) is 6.05. The van der Waals surface area contributed by atoms with E-state index < -0.39 is 35.7 Å². The van der Waals surface area contributed by atoms with Gasteiger partial charge < -0.3 is 49.4 Å². The number of amides is 4. The number of imidazole rings is 1. The van der Waals surface area contributed by atoms with E-state index in [1.54, 1.807) is 48.1 Å². The zero-order valence-corrected chi connectivity index (χ0v) is 36.4. The highest BCUT2D eigenvalue weighted by Crippen LogP contribution is 2.33. The number of ether oxygens (including phenoxy) is 3. The first kappa shape index (κ1) is 45.4. The fourth-order valence-corrected chi connectivity index (χ4v) is 7.73. The Labute approximate surface area is 364 Å². The molecule has 0 saturated carbocycles. The summed E-state index contributed by atoms with van der Waals surface area (Å²) in [7, 11) is 1.45. The van der Waals surface area contributed by atoms with Crippen molar-refractivity contribution in [2.75, 3.05) is 25.6 Å². The molecule has 0 aliphatic rings. The number of hydrogen-bond donors (Lipinski definition) is 4. The Hall–Kier alpha value is -7.13. The number of nitrogens with one attached hydrogen (secondary N) is 1. The van der Waals surface area contributed by atoms with Crippen molar-refractivity contribution in [2.45, 2.75) is 79.5 Å². The maximum atomic E-state index is 13.7. The highest BCUT2D eigenvalue weighted by molar-refractivity contribution is 7.16. The summed E-state index contributed by atoms with van der Waals surface area (Å²) < 4.78 is 32.4. The average Bonchev–Trinajstić information content (AvgIpc) is 4.02. The third kappa shape index (κ3) is 10.2. The summed E-state index contributed by atoms with van der Waals surface area (Å²) in [6.07, 6.45) is 4.33.